The molecule has 2 fully saturated rings. The molecule has 2 N–H and O–H groups in total. The van der Waals surface area contributed by atoms with Crippen LogP contribution >= 0.6 is 23.2 Å². The highest BCUT2D eigenvalue weighted by Crippen LogP contribution is 2.70. The number of aryl methyl sites for hydroxylation is 2. The standard InChI is InChI=1S/C39H33ClF7N5O4S.C39H34ClF6N5O4S/c1-37(2,54)10-9-23-5-6-25(26-7-8-29(40)32-30(18-57(4,55)56)49-51(3)34(26)32)33(48-23)20(11-19-12-21(41)15-22(42)13-19)14-24(53)17-52-36-31(35(50-52)39(45,46)47)27-16-28(27)38(36,43)44;1-38(2,53)10-9-23-5-6-25(26-7-8-29(40)32-30(18-56(4,54)55)48-50(3)35(26)32)33(47-23)20(11-19-12-21(41)15-22(42)13-19)14-24(52)17-51-36-31(34(49-51)37(43)44)27-16-28(27)39(36,45)46/h5-8,12-13,15,20,27-28,54H,11,14,16-18H2,1-4H3;5-8,12-13,15,20,27-28,37,53H,11,14,16-18H2,1-4H3/t2*20-,27+,28-/m11/s1. The van der Waals surface area contributed by atoms with E-state index in [2.05, 4.69) is 44.1 Å². The molecule has 4 aliphatic carbocycles. The first-order valence-electron chi connectivity index (χ1n) is 35.0. The van der Waals surface area contributed by atoms with Gasteiger partial charge in [0.25, 0.3) is 18.3 Å². The topological polar surface area (TPSA) is 240 Å². The number of alkyl halides is 9. The third-order valence-electron chi connectivity index (χ3n) is 19.8. The highest BCUT2D eigenvalue weighted by atomic mass is 35.5. The molecular formula is C78H67Cl2F13N10O8S2. The third-order valence-corrected chi connectivity index (χ3v) is 22.0. The van der Waals surface area contributed by atoms with E-state index in [0.717, 1.165) is 36.8 Å². The van der Waals surface area contributed by atoms with Gasteiger partial charge in [0.05, 0.1) is 55.4 Å². The molecule has 18 nitrogen and oxygen atoms in total. The number of ketones is 2. The van der Waals surface area contributed by atoms with Gasteiger partial charge in [0.1, 0.15) is 76.0 Å². The van der Waals surface area contributed by atoms with Crippen molar-refractivity contribution in [3.05, 3.63) is 197 Å². The van der Waals surface area contributed by atoms with Crippen LogP contribution in [0.25, 0.3) is 44.1 Å². The van der Waals surface area contributed by atoms with Crippen molar-refractivity contribution < 1.29 is 93.7 Å². The Balaban J connectivity index is 0.000000198. The number of aliphatic hydroxyl groups is 2. The maximum Gasteiger partial charge on any atom is 0.435 e. The molecule has 4 aromatic carbocycles. The molecule has 113 heavy (non-hydrogen) atoms. The van der Waals surface area contributed by atoms with Crippen molar-refractivity contribution in [1.82, 2.24) is 49.1 Å². The number of hydrogen-bond acceptors (Lipinski definition) is 14. The van der Waals surface area contributed by atoms with E-state index in [1.807, 2.05) is 0 Å². The quantitative estimate of drug-likeness (QED) is 0.0502. The van der Waals surface area contributed by atoms with E-state index >= 15 is 17.6 Å². The predicted octanol–water partition coefficient (Wildman–Crippen LogP) is 15.2. The Morgan fingerprint density at radius 2 is 0.929 bits per heavy atom. The number of benzene rings is 4. The van der Waals surface area contributed by atoms with Gasteiger partial charge in [0, 0.05) is 119 Å². The first-order chi connectivity index (χ1) is 52.5. The molecule has 0 aliphatic heterocycles. The van der Waals surface area contributed by atoms with Crippen molar-refractivity contribution in [3.63, 3.8) is 0 Å². The van der Waals surface area contributed by atoms with E-state index in [1.165, 1.54) is 55.3 Å². The average molecular weight is 1650 g/mol. The second-order valence-corrected chi connectivity index (χ2v) is 35.2. The highest BCUT2D eigenvalue weighted by molar-refractivity contribution is 7.90. The smallest absolute Gasteiger partial charge is 0.378 e. The number of fused-ring (bicyclic) bond motifs is 8. The first kappa shape index (κ1) is 81.5. The molecular weight excluding hydrogens is 1590 g/mol. The van der Waals surface area contributed by atoms with Gasteiger partial charge in [-0.15, -0.1) is 0 Å². The van der Waals surface area contributed by atoms with Crippen molar-refractivity contribution in [2.24, 2.45) is 25.9 Å². The SMILES string of the molecule is Cn1nc(CS(C)(=O)=O)c2c(Cl)ccc(-c3ccc(C#CC(C)(C)O)nc3[C@@H](CC(=O)Cn3nc(C(F)(F)F)c4c3C(F)(F)[C@@H]3C[C@H]43)Cc3cc(F)cc(F)c3)c21.Cn1nc(CS(C)(=O)=O)c2c(Cl)ccc(-c3ccc(C#CC(C)(C)O)nc3[C@@H](CC(=O)Cn3nc(C(F)F)c4c3C(F)(F)[C@@H]3C[C@H]43)Cc3cc(F)cc(F)c3)c21. The lowest BCUT2D eigenvalue weighted by Gasteiger charge is -2.22. The Labute approximate surface area is 647 Å². The van der Waals surface area contributed by atoms with Crippen LogP contribution in [-0.4, -0.2) is 111 Å². The predicted molar refractivity (Wildman–Crippen MR) is 390 cm³/mol. The van der Waals surface area contributed by atoms with Crippen LogP contribution in [-0.2, 0) is 98.8 Å². The summed E-state index contributed by atoms with van der Waals surface area (Å²) in [5.41, 5.74) is -4.48. The summed E-state index contributed by atoms with van der Waals surface area (Å²) in [5, 5.41) is 37.7. The number of nitrogens with zero attached hydrogens (tertiary/aromatic N) is 10. The van der Waals surface area contributed by atoms with E-state index < -0.39 is 191 Å². The lowest BCUT2D eigenvalue weighted by atomic mass is 9.86. The first-order valence-corrected chi connectivity index (χ1v) is 39.8. The summed E-state index contributed by atoms with van der Waals surface area (Å²) in [4.78, 5) is 37.5. The normalized spacial score (nSPS) is 17.9. The molecule has 2 saturated carbocycles. The molecule has 0 bridgehead atoms. The molecule has 594 valence electrons. The van der Waals surface area contributed by atoms with Gasteiger partial charge in [0.15, 0.2) is 36.9 Å². The Hall–Kier alpha value is -9.51. The van der Waals surface area contributed by atoms with Gasteiger partial charge in [0.2, 0.25) is 0 Å². The minimum absolute atomic E-state index is 0.0388. The second kappa shape index (κ2) is 29.4. The van der Waals surface area contributed by atoms with Crippen molar-refractivity contribution in [2.45, 2.75) is 150 Å². The number of carbonyl (C=O) groups excluding carboxylic acids is 2. The molecule has 0 spiro atoms. The number of sulfone groups is 2. The van der Waals surface area contributed by atoms with Crippen LogP contribution < -0.4 is 0 Å². The summed E-state index contributed by atoms with van der Waals surface area (Å²) in [6.07, 6.45) is -7.80. The Bertz CT molecular complexity index is 5940. The van der Waals surface area contributed by atoms with Crippen LogP contribution in [0, 0.1) is 58.8 Å². The fourth-order valence-corrected chi connectivity index (χ4v) is 17.3. The van der Waals surface area contributed by atoms with Crippen LogP contribution in [0.2, 0.25) is 10.0 Å². The number of aromatic nitrogens is 10. The summed E-state index contributed by atoms with van der Waals surface area (Å²) < 4.78 is 243. The van der Waals surface area contributed by atoms with E-state index in [0.29, 0.717) is 65.6 Å². The zero-order chi connectivity index (χ0) is 82.2. The van der Waals surface area contributed by atoms with Crippen molar-refractivity contribution in [2.75, 3.05) is 12.5 Å². The number of Topliss-reactive ketones (excluding diaryl/α,β-unsaturated/α-hetero) is 2. The Morgan fingerprint density at radius 3 is 1.30 bits per heavy atom. The van der Waals surface area contributed by atoms with Gasteiger partial charge >= 0.3 is 6.18 Å². The number of pyridine rings is 2. The fraction of sp³-hybridized carbons (Fsp3) is 0.385. The molecule has 0 saturated heterocycles. The maximum absolute atomic E-state index is 15.4. The van der Waals surface area contributed by atoms with E-state index in [4.69, 9.17) is 33.2 Å². The third kappa shape index (κ3) is 17.0. The number of halogens is 15. The van der Waals surface area contributed by atoms with Crippen molar-refractivity contribution in [3.8, 4) is 45.9 Å². The minimum atomic E-state index is -5.06. The van der Waals surface area contributed by atoms with Gasteiger partial charge in [-0.1, -0.05) is 47.2 Å². The summed E-state index contributed by atoms with van der Waals surface area (Å²) in [7, 11) is -4.03. The largest absolute Gasteiger partial charge is 0.435 e. The molecule has 6 atom stereocenters. The number of hydrogen-bond donors (Lipinski definition) is 2. The van der Waals surface area contributed by atoms with Crippen LogP contribution in [0.5, 0.6) is 0 Å². The van der Waals surface area contributed by atoms with Crippen LogP contribution in [0.3, 0.4) is 0 Å². The monoisotopic (exact) mass is 1650 g/mol. The maximum atomic E-state index is 15.4. The molecule has 0 amide bonds. The summed E-state index contributed by atoms with van der Waals surface area (Å²) >= 11 is 13.2. The van der Waals surface area contributed by atoms with Crippen molar-refractivity contribution in [1.29, 1.82) is 0 Å². The fourth-order valence-electron chi connectivity index (χ4n) is 15.4. The molecule has 6 aromatic heterocycles. The van der Waals surface area contributed by atoms with Gasteiger partial charge in [-0.05, 0) is 149 Å². The van der Waals surface area contributed by atoms with Crippen LogP contribution in [0.15, 0.2) is 84.9 Å². The Morgan fingerprint density at radius 1 is 0.558 bits per heavy atom. The summed E-state index contributed by atoms with van der Waals surface area (Å²) in [6.45, 7) is 3.99. The molecule has 6 heterocycles. The minimum Gasteiger partial charge on any atom is -0.378 e. The van der Waals surface area contributed by atoms with E-state index in [1.54, 1.807) is 44.4 Å². The zero-order valence-corrected chi connectivity index (χ0v) is 64.1. The lowest BCUT2D eigenvalue weighted by Crippen LogP contribution is -2.24. The van der Waals surface area contributed by atoms with E-state index in [9.17, 15) is 76.2 Å². The molecule has 35 heteroatoms. The molecule has 10 aromatic rings. The lowest BCUT2D eigenvalue weighted by molar-refractivity contribution is -0.142. The summed E-state index contributed by atoms with van der Waals surface area (Å²) in [5.74, 6) is -8.87. The summed E-state index contributed by atoms with van der Waals surface area (Å²) in [6, 6.07) is 18.0. The molecule has 4 aliphatic rings. The van der Waals surface area contributed by atoms with E-state index in [-0.39, 0.29) is 86.6 Å². The molecule has 0 radical (unpaired) electrons. The Kier molecular flexibility index (Phi) is 21.2. The van der Waals surface area contributed by atoms with Gasteiger partial charge in [-0.2, -0.15) is 51.1 Å². The van der Waals surface area contributed by atoms with Gasteiger partial charge < -0.3 is 10.2 Å². The highest BCUT2D eigenvalue weighted by Gasteiger charge is 2.69. The zero-order valence-electron chi connectivity index (χ0n) is 61.0. The van der Waals surface area contributed by atoms with Crippen molar-refractivity contribution >= 4 is 76.2 Å². The van der Waals surface area contributed by atoms with Gasteiger partial charge in [-0.25, -0.2) is 53.1 Å². The van der Waals surface area contributed by atoms with Gasteiger partial charge in [-0.3, -0.25) is 28.3 Å². The molecule has 14 rings (SSSR count). The number of carbonyl (C=O) groups is 2. The average Bonchev–Trinajstić information content (AvgIpc) is 1.55. The van der Waals surface area contributed by atoms with Crippen LogP contribution in [0.1, 0.15) is 163 Å². The second-order valence-electron chi connectivity index (χ2n) is 30.2. The number of rotatable bonds is 21. The molecule has 0 unspecified atom stereocenters. The van der Waals surface area contributed by atoms with Crippen LogP contribution in [0.4, 0.5) is 57.1 Å².